The summed E-state index contributed by atoms with van der Waals surface area (Å²) in [5.74, 6) is -9.16. The summed E-state index contributed by atoms with van der Waals surface area (Å²) in [5.41, 5.74) is 47.3. The van der Waals surface area contributed by atoms with Crippen molar-refractivity contribution in [3.63, 3.8) is 0 Å². The molecule has 36 N–H and O–H groups in total. The molecular weight excluding hydrogens is 1590 g/mol. The van der Waals surface area contributed by atoms with Gasteiger partial charge in [0.1, 0.15) is 48.3 Å². The van der Waals surface area contributed by atoms with Gasteiger partial charge in [-0.05, 0) is 129 Å². The Balaban J connectivity index is 0.969. The number of unbranched alkanes of at least 4 members (excludes halogenated alkanes) is 1. The van der Waals surface area contributed by atoms with Crippen LogP contribution in [0.25, 0.3) is 54.5 Å². The highest BCUT2D eigenvalue weighted by atomic mass is 16.2. The Labute approximate surface area is 713 Å². The highest BCUT2D eigenvalue weighted by Crippen LogP contribution is 2.26. The molecule has 0 aliphatic rings. The summed E-state index contributed by atoms with van der Waals surface area (Å²) in [6.07, 6.45) is 9.16. The standard InChI is InChI=1S/C85H113N29O10/c86-57(22-13-33-98-82(89)90)73(116)107-64(30-15-35-100-84(93)94)75(118)97-32-12-11-29-65(109-76(119)66(31-16-36-101-85(95)96)108-74(117)58(87)23-14-34-99-83(91)92)77(120)111-69(39-49-44-104-61-26-8-3-19-54(49)61)79(122)113-71(41-51-46-106-63-28-10-5-21-56(51)63)81(124)114-70(40-50-45-105-62-27-9-4-20-55(50)62)80(123)112-68(38-48-43-103-60-25-7-2-18-53(48)60)78(121)110-67(72(88)115)37-47-42-102-59-24-6-1-17-52(47)59/h1-10,17-21,24-28,42-46,57-58,64-71,102-106H,11-16,22-23,29-41,86-87H2,(H2,88,115)(H,97,118)(H,107,116)(H,108,117)(H,109,119)(H,110,121)(H,111,120)(H,112,123)(H,113,122)(H,114,124)(H4,89,90,98)(H4,91,92,99)(H4,93,94,100)(H4,95,96,101)/t57-,58-,64-,65-,66-,67-,68-,69-,70-,71-/m0/s1. The Kier molecular flexibility index (Phi) is 33.5. The number of carbonyl (C=O) groups is 10. The molecule has 5 heterocycles. The van der Waals surface area contributed by atoms with Crippen molar-refractivity contribution in [3.8, 4) is 0 Å². The van der Waals surface area contributed by atoms with Gasteiger partial charge in [-0.25, -0.2) is 0 Å². The molecule has 0 spiro atoms. The monoisotopic (exact) mass is 1700 g/mol. The van der Waals surface area contributed by atoms with Gasteiger partial charge in [0, 0.05) is 150 Å². The SMILES string of the molecule is N=C(N)NCCC[C@H](NC(=O)[C@@H](N)CCCNC(=N)N)C(=O)NCCCC[C@H](NC(=O)[C@H](CCCNC(=N)N)NC(=O)[C@@H](N)CCCNC(=N)N)C(=O)N[C@@H](Cc1c[nH]c2ccccc12)C(=O)N[C@@H](Cc1c[nH]c2ccccc12)C(=O)N[C@@H](Cc1c[nH]c2ccccc12)C(=O)N[C@@H](Cc1c[nH]c2ccccc12)C(=O)N[C@@H](Cc1c[nH]c2ccccc12)C(N)=O. The van der Waals surface area contributed by atoms with Gasteiger partial charge >= 0.3 is 0 Å². The largest absolute Gasteiger partial charge is 0.370 e. The first-order chi connectivity index (χ1) is 59.7. The van der Waals surface area contributed by atoms with E-state index in [0.29, 0.717) is 73.4 Å². The minimum Gasteiger partial charge on any atom is -0.370 e. The van der Waals surface area contributed by atoms with Crippen molar-refractivity contribution in [1.82, 2.24) is 94.0 Å². The lowest BCUT2D eigenvalue weighted by molar-refractivity contribution is -0.135. The van der Waals surface area contributed by atoms with Crippen LogP contribution in [0.4, 0.5) is 0 Å². The van der Waals surface area contributed by atoms with E-state index in [1.807, 2.05) is 103 Å². The van der Waals surface area contributed by atoms with Crippen molar-refractivity contribution in [2.75, 3.05) is 32.7 Å². The van der Waals surface area contributed by atoms with Crippen molar-refractivity contribution in [1.29, 1.82) is 21.6 Å². The Morgan fingerprint density at radius 1 is 0.258 bits per heavy atom. The molecule has 10 rings (SSSR count). The molecule has 0 aliphatic heterocycles. The number of H-pyrrole nitrogens is 5. The molecule has 0 bridgehead atoms. The maximum Gasteiger partial charge on any atom is 0.243 e. The molecule has 10 atom stereocenters. The number of aromatic nitrogens is 5. The normalized spacial score (nSPS) is 13.7. The van der Waals surface area contributed by atoms with Crippen LogP contribution >= 0.6 is 0 Å². The van der Waals surface area contributed by atoms with Gasteiger partial charge in [0.25, 0.3) is 0 Å². The number of hydrogen-bond acceptors (Lipinski definition) is 16. The Hall–Kier alpha value is -14.5. The molecule has 0 saturated carbocycles. The van der Waals surface area contributed by atoms with Crippen molar-refractivity contribution in [2.24, 2.45) is 40.1 Å². The van der Waals surface area contributed by atoms with Crippen LogP contribution in [0.1, 0.15) is 98.4 Å². The summed E-state index contributed by atoms with van der Waals surface area (Å²) in [6.45, 7) is 0.722. The number of guanidine groups is 4. The highest BCUT2D eigenvalue weighted by Gasteiger charge is 2.37. The first-order valence-electron chi connectivity index (χ1n) is 41.2. The van der Waals surface area contributed by atoms with Gasteiger partial charge in [0.2, 0.25) is 59.1 Å². The third kappa shape index (κ3) is 26.7. The summed E-state index contributed by atoms with van der Waals surface area (Å²) in [6, 6.07) is 23.0. The quantitative estimate of drug-likeness (QED) is 0.0135. The number of benzene rings is 5. The maximum atomic E-state index is 16.0. The van der Waals surface area contributed by atoms with Crippen molar-refractivity contribution >= 4 is 137 Å². The fraction of sp³-hybridized carbons (Fsp3) is 0.365. The summed E-state index contributed by atoms with van der Waals surface area (Å²) in [7, 11) is 0. The van der Waals surface area contributed by atoms with E-state index in [2.05, 4.69) is 94.0 Å². The van der Waals surface area contributed by atoms with E-state index in [1.165, 1.54) is 0 Å². The summed E-state index contributed by atoms with van der Waals surface area (Å²) in [4.78, 5) is 165. The number of rotatable bonds is 49. The fourth-order valence-corrected chi connectivity index (χ4v) is 14.9. The van der Waals surface area contributed by atoms with Crippen molar-refractivity contribution in [2.45, 2.75) is 163 Å². The maximum absolute atomic E-state index is 16.0. The molecule has 124 heavy (non-hydrogen) atoms. The molecule has 39 nitrogen and oxygen atoms in total. The number of primary amides is 1. The first-order valence-corrected chi connectivity index (χ1v) is 41.2. The van der Waals surface area contributed by atoms with Crippen molar-refractivity contribution < 1.29 is 47.9 Å². The molecule has 0 saturated heterocycles. The molecule has 0 fully saturated rings. The Bertz CT molecular complexity index is 5420. The third-order valence-electron chi connectivity index (χ3n) is 21.5. The van der Waals surface area contributed by atoms with Gasteiger partial charge in [0.05, 0.1) is 12.1 Å². The van der Waals surface area contributed by atoms with Gasteiger partial charge in [-0.1, -0.05) is 91.0 Å². The molecule has 5 aromatic heterocycles. The first kappa shape index (κ1) is 91.8. The minimum atomic E-state index is -1.59. The average Bonchev–Trinajstić information content (AvgIpc) is 1.63. The Morgan fingerprint density at radius 3 is 0.758 bits per heavy atom. The van der Waals surface area contributed by atoms with E-state index in [4.69, 9.17) is 61.8 Å². The van der Waals surface area contributed by atoms with Gasteiger partial charge in [-0.3, -0.25) is 69.6 Å². The average molecular weight is 1700 g/mol. The molecule has 0 aliphatic carbocycles. The van der Waals surface area contributed by atoms with Crippen LogP contribution in [0.2, 0.25) is 0 Å². The number of nitrogens with one attached hydrogen (secondary N) is 22. The molecule has 10 amide bonds. The number of nitrogens with two attached hydrogens (primary N) is 7. The van der Waals surface area contributed by atoms with E-state index in [9.17, 15) is 19.2 Å². The van der Waals surface area contributed by atoms with Crippen LogP contribution in [0.15, 0.2) is 152 Å². The van der Waals surface area contributed by atoms with E-state index < -0.39 is 119 Å². The predicted molar refractivity (Wildman–Crippen MR) is 474 cm³/mol. The van der Waals surface area contributed by atoms with Crippen LogP contribution < -0.4 is 109 Å². The smallest absolute Gasteiger partial charge is 0.243 e. The van der Waals surface area contributed by atoms with Gasteiger partial charge < -0.3 is 134 Å². The van der Waals surface area contributed by atoms with Crippen LogP contribution in [-0.4, -0.2) is 201 Å². The zero-order valence-electron chi connectivity index (χ0n) is 68.7. The van der Waals surface area contributed by atoms with Crippen LogP contribution in [-0.2, 0) is 80.0 Å². The van der Waals surface area contributed by atoms with E-state index >= 15 is 28.8 Å². The minimum absolute atomic E-state index is 0.0145. The Morgan fingerprint density at radius 2 is 0.476 bits per heavy atom. The van der Waals surface area contributed by atoms with E-state index in [-0.39, 0.29) is 146 Å². The van der Waals surface area contributed by atoms with Gasteiger partial charge in [-0.2, -0.15) is 0 Å². The molecule has 0 unspecified atom stereocenters. The lowest BCUT2D eigenvalue weighted by Crippen LogP contribution is -2.61. The predicted octanol–water partition coefficient (Wildman–Crippen LogP) is -0.0357. The summed E-state index contributed by atoms with van der Waals surface area (Å²) < 4.78 is 0. The second-order valence-electron chi connectivity index (χ2n) is 30.6. The van der Waals surface area contributed by atoms with Crippen LogP contribution in [0, 0.1) is 21.6 Å². The van der Waals surface area contributed by atoms with Crippen LogP contribution in [0.5, 0.6) is 0 Å². The number of para-hydroxylation sites is 5. The van der Waals surface area contributed by atoms with Gasteiger partial charge in [0.15, 0.2) is 23.8 Å². The molecule has 10 aromatic rings. The zero-order chi connectivity index (χ0) is 88.8. The molecule has 39 heteroatoms. The molecular formula is C85H113N29O10. The van der Waals surface area contributed by atoms with E-state index in [0.717, 1.165) is 21.8 Å². The van der Waals surface area contributed by atoms with Crippen molar-refractivity contribution in [3.05, 3.63) is 180 Å². The lowest BCUT2D eigenvalue weighted by atomic mass is 9.99. The number of carbonyl (C=O) groups excluding carboxylic acids is 10. The molecule has 658 valence electrons. The zero-order valence-corrected chi connectivity index (χ0v) is 68.7. The highest BCUT2D eigenvalue weighted by molar-refractivity contribution is 6.00. The topological polar surface area (TPSA) is 684 Å². The number of hydrogen-bond donors (Lipinski definition) is 29. The molecule has 0 radical (unpaired) electrons. The van der Waals surface area contributed by atoms with Gasteiger partial charge in [-0.15, -0.1) is 0 Å². The number of amides is 10. The summed E-state index contributed by atoms with van der Waals surface area (Å²) in [5, 5.41) is 70.4. The second-order valence-corrected chi connectivity index (χ2v) is 30.6. The third-order valence-corrected chi connectivity index (χ3v) is 21.5. The van der Waals surface area contributed by atoms with Crippen LogP contribution in [0.3, 0.4) is 0 Å². The van der Waals surface area contributed by atoms with E-state index in [1.54, 1.807) is 49.2 Å². The second kappa shape index (κ2) is 45.2. The fourth-order valence-electron chi connectivity index (χ4n) is 14.9. The molecule has 5 aromatic carbocycles. The number of fused-ring (bicyclic) bond motifs is 5. The summed E-state index contributed by atoms with van der Waals surface area (Å²) >= 11 is 0. The number of aromatic amines is 5. The lowest BCUT2D eigenvalue weighted by Gasteiger charge is -2.28.